The Morgan fingerprint density at radius 3 is 2.57 bits per heavy atom. The van der Waals surface area contributed by atoms with Crippen LogP contribution in [-0.4, -0.2) is 40.2 Å². The SMILES string of the molecule is CCC(=O)Oc1ccc([C@H]2N(C(=O)CC)c3ccccc3-c3c(=O)[nH]c(SC)n[n+]32)c([N+](=O)[O-])c1OC. The maximum Gasteiger partial charge on any atom is 0.326 e. The second-order valence-electron chi connectivity index (χ2n) is 7.88. The number of carbonyl (C=O) groups excluding carboxylic acids is 2. The predicted molar refractivity (Wildman–Crippen MR) is 134 cm³/mol. The van der Waals surface area contributed by atoms with Crippen molar-refractivity contribution < 1.29 is 28.7 Å². The maximum atomic E-state index is 13.4. The van der Waals surface area contributed by atoms with Crippen LogP contribution in [0.2, 0.25) is 0 Å². The molecule has 0 saturated carbocycles. The number of H-pyrrole nitrogens is 1. The number of nitrogens with one attached hydrogen (secondary N) is 1. The monoisotopic (exact) mass is 526 g/mol. The van der Waals surface area contributed by atoms with Crippen LogP contribution < -0.4 is 24.6 Å². The van der Waals surface area contributed by atoms with Crippen LogP contribution in [0.5, 0.6) is 11.5 Å². The molecule has 0 radical (unpaired) electrons. The van der Waals surface area contributed by atoms with Gasteiger partial charge in [0, 0.05) is 17.9 Å². The van der Waals surface area contributed by atoms with Gasteiger partial charge < -0.3 is 9.47 Å². The third-order valence-corrected chi connectivity index (χ3v) is 6.40. The minimum Gasteiger partial charge on any atom is -0.488 e. The Kier molecular flexibility index (Phi) is 7.25. The fraction of sp³-hybridized carbons (Fsp3) is 0.292. The normalized spacial score (nSPS) is 13.9. The van der Waals surface area contributed by atoms with Crippen LogP contribution in [-0.2, 0) is 9.59 Å². The first-order chi connectivity index (χ1) is 17.8. The van der Waals surface area contributed by atoms with E-state index in [0.717, 1.165) is 0 Å². The molecule has 1 N–H and O–H groups in total. The number of anilines is 1. The van der Waals surface area contributed by atoms with Crippen molar-refractivity contribution in [2.75, 3.05) is 18.3 Å². The van der Waals surface area contributed by atoms with Gasteiger partial charge in [-0.25, -0.2) is 4.90 Å². The van der Waals surface area contributed by atoms with Crippen molar-refractivity contribution in [1.29, 1.82) is 0 Å². The van der Waals surface area contributed by atoms with Gasteiger partial charge in [-0.3, -0.25) is 29.5 Å². The number of carbonyl (C=O) groups is 2. The van der Waals surface area contributed by atoms with E-state index < -0.39 is 28.3 Å². The van der Waals surface area contributed by atoms with Crippen LogP contribution >= 0.6 is 11.8 Å². The van der Waals surface area contributed by atoms with Gasteiger partial charge in [-0.1, -0.05) is 37.7 Å². The quantitative estimate of drug-likeness (QED) is 0.122. The van der Waals surface area contributed by atoms with Crippen molar-refractivity contribution >= 4 is 35.0 Å². The number of methoxy groups -OCH3 is 1. The molecule has 4 rings (SSSR count). The Bertz CT molecular complexity index is 1470. The highest BCUT2D eigenvalue weighted by Gasteiger charge is 2.49. The van der Waals surface area contributed by atoms with Crippen LogP contribution in [0.3, 0.4) is 0 Å². The number of para-hydroxylation sites is 1. The summed E-state index contributed by atoms with van der Waals surface area (Å²) in [6, 6.07) is 9.54. The lowest BCUT2D eigenvalue weighted by atomic mass is 9.99. The number of ether oxygens (including phenoxy) is 2. The molecule has 0 fully saturated rings. The number of hydrogen-bond donors (Lipinski definition) is 1. The molecule has 37 heavy (non-hydrogen) atoms. The molecule has 3 aromatic rings. The van der Waals surface area contributed by atoms with E-state index >= 15 is 0 Å². The van der Waals surface area contributed by atoms with Gasteiger partial charge in [-0.15, -0.1) is 0 Å². The summed E-state index contributed by atoms with van der Waals surface area (Å²) in [6.07, 6.45) is 0.630. The van der Waals surface area contributed by atoms with E-state index in [4.69, 9.17) is 9.47 Å². The molecule has 0 unspecified atom stereocenters. The molecular formula is C24H24N5O7S+. The number of aromatic amines is 1. The Hall–Kier alpha value is -4.26. The molecule has 0 saturated heterocycles. The third kappa shape index (κ3) is 4.42. The summed E-state index contributed by atoms with van der Waals surface area (Å²) in [6.45, 7) is 3.26. The highest BCUT2D eigenvalue weighted by atomic mass is 32.2. The van der Waals surface area contributed by atoms with E-state index in [0.29, 0.717) is 11.3 Å². The lowest BCUT2D eigenvalue weighted by Gasteiger charge is -2.31. The lowest BCUT2D eigenvalue weighted by Crippen LogP contribution is -2.61. The molecule has 0 bridgehead atoms. The van der Waals surface area contributed by atoms with Gasteiger partial charge in [-0.2, -0.15) is 0 Å². The summed E-state index contributed by atoms with van der Waals surface area (Å²) in [5.74, 6) is -1.38. The van der Waals surface area contributed by atoms with E-state index in [-0.39, 0.29) is 46.7 Å². The smallest absolute Gasteiger partial charge is 0.326 e. The van der Waals surface area contributed by atoms with Gasteiger partial charge in [0.25, 0.3) is 6.17 Å². The van der Waals surface area contributed by atoms with Crippen LogP contribution in [0.4, 0.5) is 11.4 Å². The van der Waals surface area contributed by atoms with Crippen molar-refractivity contribution in [1.82, 2.24) is 10.1 Å². The molecule has 1 aliphatic heterocycles. The molecule has 1 aliphatic rings. The zero-order valence-electron chi connectivity index (χ0n) is 20.5. The largest absolute Gasteiger partial charge is 0.488 e. The first kappa shape index (κ1) is 25.8. The fourth-order valence-corrected chi connectivity index (χ4v) is 4.59. The van der Waals surface area contributed by atoms with Crippen molar-refractivity contribution in [3.63, 3.8) is 0 Å². The number of benzene rings is 2. The summed E-state index contributed by atoms with van der Waals surface area (Å²) >= 11 is 1.17. The zero-order chi connectivity index (χ0) is 26.9. The first-order valence-electron chi connectivity index (χ1n) is 11.3. The Morgan fingerprint density at radius 1 is 1.22 bits per heavy atom. The second kappa shape index (κ2) is 10.4. The molecule has 1 aromatic heterocycles. The number of nitrogens with zero attached hydrogens (tertiary/aromatic N) is 4. The van der Waals surface area contributed by atoms with E-state index in [1.807, 2.05) is 0 Å². The number of nitro groups is 1. The number of thioether (sulfide) groups is 1. The number of fused-ring (bicyclic) bond motifs is 3. The van der Waals surface area contributed by atoms with Crippen molar-refractivity contribution in [3.05, 3.63) is 62.4 Å². The van der Waals surface area contributed by atoms with Gasteiger partial charge in [0.05, 0.1) is 23.3 Å². The molecule has 13 heteroatoms. The second-order valence-corrected chi connectivity index (χ2v) is 8.68. The molecule has 12 nitrogen and oxygen atoms in total. The van der Waals surface area contributed by atoms with Gasteiger partial charge in [-0.05, 0) is 35.2 Å². The lowest BCUT2D eigenvalue weighted by molar-refractivity contribution is -0.763. The number of aromatic nitrogens is 3. The molecule has 1 atom stereocenters. The van der Waals surface area contributed by atoms with Gasteiger partial charge in [0.2, 0.25) is 16.8 Å². The number of esters is 1. The first-order valence-corrected chi connectivity index (χ1v) is 12.6. The van der Waals surface area contributed by atoms with Gasteiger partial charge in [0.15, 0.2) is 5.75 Å². The van der Waals surface area contributed by atoms with E-state index in [1.165, 1.54) is 40.6 Å². The summed E-state index contributed by atoms with van der Waals surface area (Å²) in [7, 11) is 1.22. The zero-order valence-corrected chi connectivity index (χ0v) is 21.3. The van der Waals surface area contributed by atoms with Crippen LogP contribution in [0.1, 0.15) is 38.4 Å². The minimum absolute atomic E-state index is 0.0193. The number of nitro benzene ring substituents is 1. The molecule has 0 spiro atoms. The minimum atomic E-state index is -1.21. The van der Waals surface area contributed by atoms with Crippen molar-refractivity contribution in [2.24, 2.45) is 0 Å². The van der Waals surface area contributed by atoms with Crippen LogP contribution in [0.25, 0.3) is 11.3 Å². The highest BCUT2D eigenvalue weighted by molar-refractivity contribution is 7.98. The Morgan fingerprint density at radius 2 is 1.95 bits per heavy atom. The highest BCUT2D eigenvalue weighted by Crippen LogP contribution is 2.45. The van der Waals surface area contributed by atoms with E-state index in [2.05, 4.69) is 10.1 Å². The van der Waals surface area contributed by atoms with Gasteiger partial charge >= 0.3 is 22.9 Å². The fourth-order valence-electron chi connectivity index (χ4n) is 4.22. The molecular weight excluding hydrogens is 502 g/mol. The molecule has 0 aliphatic carbocycles. The third-order valence-electron chi connectivity index (χ3n) is 5.83. The Balaban J connectivity index is 2.11. The summed E-state index contributed by atoms with van der Waals surface area (Å²) in [5.41, 5.74) is 0.0134. The molecule has 2 heterocycles. The number of amides is 1. The predicted octanol–water partition coefficient (Wildman–Crippen LogP) is 2.98. The van der Waals surface area contributed by atoms with Crippen LogP contribution in [0.15, 0.2) is 46.3 Å². The van der Waals surface area contributed by atoms with Gasteiger partial charge in [0.1, 0.15) is 5.56 Å². The molecule has 192 valence electrons. The molecule has 2 aromatic carbocycles. The van der Waals surface area contributed by atoms with Crippen LogP contribution in [0, 0.1) is 10.1 Å². The molecule has 1 amide bonds. The standard InChI is InChI=1S/C24H23N5O7S/c1-5-17(30)27-15-10-8-7-9-13(15)20-22(32)25-24(37-4)26-28(20)23(27)14-11-12-16(36-18(31)6-2)21(35-3)19(14)29(33)34/h7-12,23H,5-6H2,1-4H3/p+1/t23-/m0/s1. The summed E-state index contributed by atoms with van der Waals surface area (Å²) in [5, 5.41) is 17.2. The van der Waals surface area contributed by atoms with Crippen molar-refractivity contribution in [2.45, 2.75) is 38.0 Å². The van der Waals surface area contributed by atoms with E-state index in [9.17, 15) is 24.5 Å². The summed E-state index contributed by atoms with van der Waals surface area (Å²) < 4.78 is 11.9. The number of rotatable bonds is 7. The average molecular weight is 527 g/mol. The Labute approximate surface area is 215 Å². The number of hydrogen-bond acceptors (Lipinski definition) is 9. The van der Waals surface area contributed by atoms with Crippen molar-refractivity contribution in [3.8, 4) is 22.8 Å². The maximum absolute atomic E-state index is 13.4. The topological polar surface area (TPSA) is 149 Å². The van der Waals surface area contributed by atoms with E-state index in [1.54, 1.807) is 44.4 Å². The average Bonchev–Trinajstić information content (AvgIpc) is 2.90. The summed E-state index contributed by atoms with van der Waals surface area (Å²) in [4.78, 5) is 54.4.